The molecular weight excluding hydrogens is 301 g/mol. The molecule has 1 saturated heterocycles. The van der Waals surface area contributed by atoms with Crippen LogP contribution < -0.4 is 0 Å². The third-order valence-electron chi connectivity index (χ3n) is 5.35. The molecule has 2 unspecified atom stereocenters. The molecule has 2 fully saturated rings. The van der Waals surface area contributed by atoms with E-state index in [1.165, 1.54) is 57.2 Å². The lowest BCUT2D eigenvalue weighted by molar-refractivity contribution is 0.321. The lowest BCUT2D eigenvalue weighted by atomic mass is 9.96. The van der Waals surface area contributed by atoms with Gasteiger partial charge in [-0.3, -0.25) is 0 Å². The molecule has 2 aliphatic rings. The summed E-state index contributed by atoms with van der Waals surface area (Å²) in [7, 11) is 2.27. The van der Waals surface area contributed by atoms with Crippen molar-refractivity contribution in [2.24, 2.45) is 11.3 Å². The molecule has 0 aromatic heterocycles. The highest BCUT2D eigenvalue weighted by atomic mass is 35.5. The second kappa shape index (κ2) is 6.48. The maximum atomic E-state index is 6.04. The summed E-state index contributed by atoms with van der Waals surface area (Å²) in [5.74, 6) is 1.03. The molecule has 1 nitrogen and oxygen atoms in total. The smallest absolute Gasteiger partial charge is 0.0595 e. The number of nitrogens with zero attached hydrogens (tertiary/aromatic N) is 1. The summed E-state index contributed by atoms with van der Waals surface area (Å²) in [6.45, 7) is 2.69. The van der Waals surface area contributed by atoms with Crippen LogP contribution in [0, 0.1) is 11.3 Å². The van der Waals surface area contributed by atoms with Crippen LogP contribution in [0.4, 0.5) is 0 Å². The molecule has 21 heavy (non-hydrogen) atoms. The Morgan fingerprint density at radius 3 is 2.67 bits per heavy atom. The van der Waals surface area contributed by atoms with Crippen LogP contribution in [-0.4, -0.2) is 25.0 Å². The average molecular weight is 326 g/mol. The van der Waals surface area contributed by atoms with Crippen molar-refractivity contribution >= 4 is 23.2 Å². The van der Waals surface area contributed by atoms with Crippen LogP contribution in [0.2, 0.25) is 10.0 Å². The molecule has 116 valence electrons. The molecule has 0 N–H and O–H groups in total. The van der Waals surface area contributed by atoms with Crippen LogP contribution in [-0.2, 0) is 6.42 Å². The zero-order valence-corrected chi connectivity index (χ0v) is 14.4. The van der Waals surface area contributed by atoms with Crippen molar-refractivity contribution in [3.05, 3.63) is 33.8 Å². The van der Waals surface area contributed by atoms with Crippen molar-refractivity contribution in [1.82, 2.24) is 4.90 Å². The van der Waals surface area contributed by atoms with Crippen molar-refractivity contribution in [2.45, 2.75) is 44.9 Å². The van der Waals surface area contributed by atoms with E-state index in [0.717, 1.165) is 17.8 Å². The van der Waals surface area contributed by atoms with E-state index in [0.29, 0.717) is 10.0 Å². The van der Waals surface area contributed by atoms with E-state index in [2.05, 4.69) is 18.0 Å². The molecule has 0 spiro atoms. The maximum Gasteiger partial charge on any atom is 0.0595 e. The fourth-order valence-electron chi connectivity index (χ4n) is 4.10. The molecule has 0 amide bonds. The topological polar surface area (TPSA) is 3.24 Å². The van der Waals surface area contributed by atoms with E-state index in [9.17, 15) is 0 Å². The molecule has 1 aliphatic carbocycles. The van der Waals surface area contributed by atoms with Gasteiger partial charge in [0.05, 0.1) is 10.0 Å². The number of piperidine rings is 1. The number of aryl methyl sites for hydroxylation is 1. The summed E-state index contributed by atoms with van der Waals surface area (Å²) < 4.78 is 0. The first-order chi connectivity index (χ1) is 10.1. The van der Waals surface area contributed by atoms with E-state index in [1.54, 1.807) is 0 Å². The largest absolute Gasteiger partial charge is 0.306 e. The Balaban J connectivity index is 1.30. The molecule has 0 bridgehead atoms. The van der Waals surface area contributed by atoms with E-state index in [1.807, 2.05) is 12.1 Å². The van der Waals surface area contributed by atoms with Gasteiger partial charge in [-0.05, 0) is 61.8 Å². The Kier molecular flexibility index (Phi) is 4.83. The summed E-state index contributed by atoms with van der Waals surface area (Å²) >= 11 is 12.0. The van der Waals surface area contributed by atoms with Crippen molar-refractivity contribution in [3.8, 4) is 0 Å². The van der Waals surface area contributed by atoms with Gasteiger partial charge in [-0.2, -0.15) is 0 Å². The van der Waals surface area contributed by atoms with Gasteiger partial charge in [0.15, 0.2) is 0 Å². The predicted octanol–water partition coefficient (Wildman–Crippen LogP) is 5.44. The minimum atomic E-state index is 0.653. The number of fused-ring (bicyclic) bond motifs is 1. The van der Waals surface area contributed by atoms with Gasteiger partial charge in [0.1, 0.15) is 0 Å². The number of likely N-dealkylation sites (tertiary alicyclic amines) is 1. The molecule has 3 rings (SSSR count). The van der Waals surface area contributed by atoms with Crippen LogP contribution in [0.5, 0.6) is 0 Å². The van der Waals surface area contributed by atoms with Gasteiger partial charge in [-0.1, -0.05) is 48.5 Å². The Labute approximate surface area is 138 Å². The first-order valence-electron chi connectivity index (χ1n) is 8.22. The number of rotatable bonds is 7. The van der Waals surface area contributed by atoms with E-state index in [-0.39, 0.29) is 0 Å². The van der Waals surface area contributed by atoms with Gasteiger partial charge in [-0.15, -0.1) is 0 Å². The fraction of sp³-hybridized carbons (Fsp3) is 0.667. The van der Waals surface area contributed by atoms with Crippen LogP contribution in [0.1, 0.15) is 44.1 Å². The normalized spacial score (nSPS) is 27.9. The maximum absolute atomic E-state index is 6.04. The molecule has 2 atom stereocenters. The second-order valence-corrected chi connectivity index (χ2v) is 7.94. The Morgan fingerprint density at radius 1 is 1.14 bits per heavy atom. The Bertz CT molecular complexity index is 502. The summed E-state index contributed by atoms with van der Waals surface area (Å²) in [6.07, 6.45) is 9.44. The first-order valence-corrected chi connectivity index (χ1v) is 8.97. The fourth-order valence-corrected chi connectivity index (χ4v) is 4.42. The van der Waals surface area contributed by atoms with Gasteiger partial charge in [0, 0.05) is 13.1 Å². The third kappa shape index (κ3) is 3.75. The second-order valence-electron chi connectivity index (χ2n) is 7.12. The monoisotopic (exact) mass is 325 g/mol. The molecular formula is C18H25Cl2N. The van der Waals surface area contributed by atoms with Gasteiger partial charge in [-0.25, -0.2) is 0 Å². The van der Waals surface area contributed by atoms with Crippen molar-refractivity contribution in [1.29, 1.82) is 0 Å². The van der Waals surface area contributed by atoms with Crippen molar-refractivity contribution in [2.75, 3.05) is 20.1 Å². The van der Waals surface area contributed by atoms with Crippen LogP contribution in [0.3, 0.4) is 0 Å². The zero-order valence-electron chi connectivity index (χ0n) is 12.9. The number of hydrogen-bond donors (Lipinski definition) is 0. The summed E-state index contributed by atoms with van der Waals surface area (Å²) in [4.78, 5) is 2.51. The van der Waals surface area contributed by atoms with Crippen molar-refractivity contribution in [3.63, 3.8) is 0 Å². The quantitative estimate of drug-likeness (QED) is 0.603. The summed E-state index contributed by atoms with van der Waals surface area (Å²) in [5, 5.41) is 1.33. The minimum Gasteiger partial charge on any atom is -0.306 e. The van der Waals surface area contributed by atoms with Gasteiger partial charge in [0.2, 0.25) is 0 Å². The minimum absolute atomic E-state index is 0.653. The lowest BCUT2D eigenvalue weighted by Gasteiger charge is -2.15. The highest BCUT2D eigenvalue weighted by Gasteiger charge is 2.57. The lowest BCUT2D eigenvalue weighted by Crippen LogP contribution is -2.19. The molecule has 1 saturated carbocycles. The highest BCUT2D eigenvalue weighted by Crippen LogP contribution is 2.60. The van der Waals surface area contributed by atoms with Crippen molar-refractivity contribution < 1.29 is 0 Å². The molecule has 3 heteroatoms. The summed E-state index contributed by atoms with van der Waals surface area (Å²) in [5.41, 5.74) is 2.04. The van der Waals surface area contributed by atoms with Gasteiger partial charge in [0.25, 0.3) is 0 Å². The standard InChI is InChI=1S/C18H25Cl2N/c1-21-12-15-11-18(15,13-21)9-5-3-2-4-6-14-7-8-16(19)17(20)10-14/h7-8,10,15H,2-6,9,11-13H2,1H3. The third-order valence-corrected chi connectivity index (χ3v) is 6.09. The van der Waals surface area contributed by atoms with E-state index < -0.39 is 0 Å². The molecule has 0 radical (unpaired) electrons. The number of unbranched alkanes of at least 4 members (excludes halogenated alkanes) is 3. The summed E-state index contributed by atoms with van der Waals surface area (Å²) in [6, 6.07) is 6.00. The number of hydrogen-bond acceptors (Lipinski definition) is 1. The number of benzene rings is 1. The molecule has 1 aromatic rings. The zero-order chi connectivity index (χ0) is 14.9. The Morgan fingerprint density at radius 2 is 1.95 bits per heavy atom. The average Bonchev–Trinajstić information content (AvgIpc) is 3.00. The van der Waals surface area contributed by atoms with Crippen LogP contribution >= 0.6 is 23.2 Å². The SMILES string of the molecule is CN1CC2CC2(CCCCCCc2ccc(Cl)c(Cl)c2)C1. The molecule has 1 aliphatic heterocycles. The van der Waals surface area contributed by atoms with Gasteiger partial charge < -0.3 is 4.90 Å². The number of halogens is 2. The molecule has 1 heterocycles. The van der Waals surface area contributed by atoms with E-state index in [4.69, 9.17) is 23.2 Å². The van der Waals surface area contributed by atoms with Crippen LogP contribution in [0.25, 0.3) is 0 Å². The molecule has 1 aromatic carbocycles. The first kappa shape index (κ1) is 15.6. The Hall–Kier alpha value is -0.240. The highest BCUT2D eigenvalue weighted by molar-refractivity contribution is 6.42. The van der Waals surface area contributed by atoms with E-state index >= 15 is 0 Å². The van der Waals surface area contributed by atoms with Crippen LogP contribution in [0.15, 0.2) is 18.2 Å². The van der Waals surface area contributed by atoms with Gasteiger partial charge >= 0.3 is 0 Å². The predicted molar refractivity (Wildman–Crippen MR) is 91.3 cm³/mol.